The molecule has 0 aliphatic heterocycles. The van der Waals surface area contributed by atoms with E-state index in [1.54, 1.807) is 7.11 Å². The maximum atomic E-state index is 12.5. The van der Waals surface area contributed by atoms with Gasteiger partial charge in [0.15, 0.2) is 0 Å². The number of rotatable bonds is 4. The van der Waals surface area contributed by atoms with E-state index in [0.717, 1.165) is 34.2 Å². The molecule has 0 saturated heterocycles. The second kappa shape index (κ2) is 8.66. The normalized spacial score (nSPS) is 14.2. The van der Waals surface area contributed by atoms with Crippen LogP contribution in [0.4, 0.5) is 4.79 Å². The van der Waals surface area contributed by atoms with Crippen LogP contribution in [0.3, 0.4) is 0 Å². The number of hydrogen-bond acceptors (Lipinski definition) is 5. The van der Waals surface area contributed by atoms with Crippen molar-refractivity contribution in [2.45, 2.75) is 39.0 Å². The molecule has 176 valence electrons. The number of aromatic amines is 1. The molecule has 1 amide bonds. The Morgan fingerprint density at radius 3 is 2.53 bits per heavy atom. The second-order valence-electron chi connectivity index (χ2n) is 9.15. The number of aryl methyl sites for hydroxylation is 1. The molecule has 0 saturated carbocycles. The number of amides is 1. The van der Waals surface area contributed by atoms with E-state index in [9.17, 15) is 14.4 Å². The zero-order valence-corrected chi connectivity index (χ0v) is 19.4. The van der Waals surface area contributed by atoms with Crippen molar-refractivity contribution >= 4 is 11.8 Å². The number of nitrogens with one attached hydrogen (secondary N) is 2. The Morgan fingerprint density at radius 1 is 1.12 bits per heavy atom. The van der Waals surface area contributed by atoms with E-state index in [1.807, 2.05) is 30.3 Å². The van der Waals surface area contributed by atoms with Crippen LogP contribution in [0.1, 0.15) is 43.9 Å². The van der Waals surface area contributed by atoms with Crippen LogP contribution in [-0.4, -0.2) is 33.6 Å². The summed E-state index contributed by atoms with van der Waals surface area (Å²) in [5.41, 5.74) is 6.67. The lowest BCUT2D eigenvalue weighted by Crippen LogP contribution is -2.27. The highest BCUT2D eigenvalue weighted by molar-refractivity contribution is 6.05. The van der Waals surface area contributed by atoms with Crippen LogP contribution < -0.4 is 21.4 Å². The number of methoxy groups -OCH3 is 1. The predicted octanol–water partition coefficient (Wildman–Crippen LogP) is 3.42. The first-order valence-electron chi connectivity index (χ1n) is 10.8. The van der Waals surface area contributed by atoms with Gasteiger partial charge in [0, 0.05) is 29.0 Å². The summed E-state index contributed by atoms with van der Waals surface area (Å²) in [4.78, 5) is 37.2. The van der Waals surface area contributed by atoms with Crippen LogP contribution in [0.15, 0.2) is 57.3 Å². The summed E-state index contributed by atoms with van der Waals surface area (Å²) in [5, 5.41) is 12.8. The molecule has 34 heavy (non-hydrogen) atoms. The number of benzene rings is 2. The number of aromatic nitrogens is 2. The Morgan fingerprint density at radius 2 is 1.88 bits per heavy atom. The highest BCUT2D eigenvalue weighted by atomic mass is 16.5. The van der Waals surface area contributed by atoms with Crippen LogP contribution in [-0.2, 0) is 11.8 Å². The molecule has 1 aliphatic carbocycles. The molecule has 9 nitrogen and oxygen atoms in total. The van der Waals surface area contributed by atoms with Crippen LogP contribution in [0.5, 0.6) is 5.75 Å². The predicted molar refractivity (Wildman–Crippen MR) is 129 cm³/mol. The zero-order chi connectivity index (χ0) is 24.6. The lowest BCUT2D eigenvalue weighted by molar-refractivity contribution is 0.195. The summed E-state index contributed by atoms with van der Waals surface area (Å²) >= 11 is 0. The molecule has 0 spiro atoms. The number of hydrazone groups is 1. The van der Waals surface area contributed by atoms with Gasteiger partial charge in [0.2, 0.25) is 0 Å². The summed E-state index contributed by atoms with van der Waals surface area (Å²) in [5.74, 6) is 0.702. The minimum atomic E-state index is -1.20. The third-order valence-electron chi connectivity index (χ3n) is 5.83. The Bertz CT molecular complexity index is 1430. The van der Waals surface area contributed by atoms with Gasteiger partial charge in [-0.25, -0.2) is 15.0 Å². The number of carbonyl (C=O) groups is 1. The molecule has 1 aromatic heterocycles. The van der Waals surface area contributed by atoms with Crippen molar-refractivity contribution in [2.24, 2.45) is 5.10 Å². The minimum Gasteiger partial charge on any atom is -0.496 e. The molecule has 0 radical (unpaired) electrons. The van der Waals surface area contributed by atoms with E-state index in [4.69, 9.17) is 9.84 Å². The average molecular weight is 463 g/mol. The average Bonchev–Trinajstić information content (AvgIpc) is 3.18. The standard InChI is InChI=1S/C25H26N4O5/c1-25(2,3)19-13-16(29-10-9-21(30)26-23(29)31)12-18(22(19)34-4)15-5-7-17-14(11-15)6-8-20(17)27-28-24(32)33/h5,7,9-13,28H,6,8H2,1-4H3,(H,32,33)(H,26,30,31). The Balaban J connectivity index is 1.91. The Kier molecular flexibility index (Phi) is 5.87. The van der Waals surface area contributed by atoms with Gasteiger partial charge in [-0.15, -0.1) is 0 Å². The summed E-state index contributed by atoms with van der Waals surface area (Å²) in [7, 11) is 1.62. The molecule has 3 aromatic rings. The quantitative estimate of drug-likeness (QED) is 0.512. The molecule has 0 fully saturated rings. The Hall–Kier alpha value is -4.14. The van der Waals surface area contributed by atoms with Crippen molar-refractivity contribution in [1.29, 1.82) is 0 Å². The molecule has 0 unspecified atom stereocenters. The maximum absolute atomic E-state index is 12.5. The van der Waals surface area contributed by atoms with Crippen molar-refractivity contribution in [1.82, 2.24) is 15.0 Å². The highest BCUT2D eigenvalue weighted by Gasteiger charge is 2.25. The summed E-state index contributed by atoms with van der Waals surface area (Å²) in [6.07, 6.45) is 1.62. The third-order valence-corrected chi connectivity index (χ3v) is 5.83. The topological polar surface area (TPSA) is 126 Å². The largest absolute Gasteiger partial charge is 0.496 e. The molecule has 1 heterocycles. The lowest BCUT2D eigenvalue weighted by atomic mass is 9.83. The number of hydrogen-bond donors (Lipinski definition) is 3. The van der Waals surface area contributed by atoms with Crippen LogP contribution in [0, 0.1) is 0 Å². The molecule has 2 aromatic carbocycles. The number of nitrogens with zero attached hydrogens (tertiary/aromatic N) is 2. The van der Waals surface area contributed by atoms with E-state index in [0.29, 0.717) is 23.6 Å². The SMILES string of the molecule is COc1c(-c2ccc3c(c2)CCC3=NNC(=O)O)cc(-n2ccc(=O)[nH]c2=O)cc1C(C)(C)C. The number of fused-ring (bicyclic) bond motifs is 1. The van der Waals surface area contributed by atoms with Crippen molar-refractivity contribution in [3.63, 3.8) is 0 Å². The molecule has 4 rings (SSSR count). The van der Waals surface area contributed by atoms with E-state index in [-0.39, 0.29) is 5.41 Å². The van der Waals surface area contributed by atoms with Gasteiger partial charge >= 0.3 is 11.8 Å². The van der Waals surface area contributed by atoms with Gasteiger partial charge in [0.1, 0.15) is 5.75 Å². The smallest absolute Gasteiger partial charge is 0.425 e. The van der Waals surface area contributed by atoms with Gasteiger partial charge in [0.25, 0.3) is 5.56 Å². The lowest BCUT2D eigenvalue weighted by Gasteiger charge is -2.26. The first-order chi connectivity index (χ1) is 16.1. The summed E-state index contributed by atoms with van der Waals surface area (Å²) < 4.78 is 7.26. The van der Waals surface area contributed by atoms with Crippen LogP contribution in [0.25, 0.3) is 16.8 Å². The van der Waals surface area contributed by atoms with Gasteiger partial charge in [-0.05, 0) is 41.5 Å². The molecule has 3 N–H and O–H groups in total. The minimum absolute atomic E-state index is 0.291. The highest BCUT2D eigenvalue weighted by Crippen LogP contribution is 2.42. The van der Waals surface area contributed by atoms with E-state index >= 15 is 0 Å². The summed E-state index contributed by atoms with van der Waals surface area (Å²) in [6, 6.07) is 11.0. The number of H-pyrrole nitrogens is 1. The van der Waals surface area contributed by atoms with Crippen molar-refractivity contribution in [3.8, 4) is 22.6 Å². The number of ether oxygens (including phenoxy) is 1. The van der Waals surface area contributed by atoms with E-state index < -0.39 is 17.3 Å². The molecule has 1 aliphatic rings. The number of carboxylic acid groups (broad SMARTS) is 1. The monoisotopic (exact) mass is 462 g/mol. The van der Waals surface area contributed by atoms with Gasteiger partial charge in [-0.3, -0.25) is 14.3 Å². The van der Waals surface area contributed by atoms with Gasteiger partial charge in [-0.2, -0.15) is 5.10 Å². The molecule has 0 atom stereocenters. The molecule has 0 bridgehead atoms. The van der Waals surface area contributed by atoms with Gasteiger partial charge in [-0.1, -0.05) is 39.0 Å². The van der Waals surface area contributed by atoms with Crippen molar-refractivity contribution in [2.75, 3.05) is 7.11 Å². The van der Waals surface area contributed by atoms with E-state index in [2.05, 4.69) is 36.3 Å². The Labute approximate surface area is 195 Å². The second-order valence-corrected chi connectivity index (χ2v) is 9.15. The molecular weight excluding hydrogens is 436 g/mol. The van der Waals surface area contributed by atoms with Gasteiger partial charge in [0.05, 0.1) is 18.5 Å². The molecule has 9 heteroatoms. The summed E-state index contributed by atoms with van der Waals surface area (Å²) in [6.45, 7) is 6.19. The fourth-order valence-electron chi connectivity index (χ4n) is 4.23. The van der Waals surface area contributed by atoms with Crippen LogP contribution >= 0.6 is 0 Å². The first-order valence-corrected chi connectivity index (χ1v) is 10.8. The zero-order valence-electron chi connectivity index (χ0n) is 19.4. The van der Waals surface area contributed by atoms with Crippen molar-refractivity contribution < 1.29 is 14.6 Å². The fourth-order valence-corrected chi connectivity index (χ4v) is 4.23. The third kappa shape index (κ3) is 4.36. The van der Waals surface area contributed by atoms with Crippen LogP contribution in [0.2, 0.25) is 0 Å². The van der Waals surface area contributed by atoms with Gasteiger partial charge < -0.3 is 9.84 Å². The van der Waals surface area contributed by atoms with Crippen molar-refractivity contribution in [3.05, 3.63) is 80.1 Å². The fraction of sp³-hybridized carbons (Fsp3) is 0.280. The maximum Gasteiger partial charge on any atom is 0.425 e. The first kappa shape index (κ1) is 23.0. The van der Waals surface area contributed by atoms with E-state index in [1.165, 1.54) is 16.8 Å². The molecular formula is C25H26N4O5.